The number of aliphatic hydroxyl groups is 1. The zero-order valence-corrected chi connectivity index (χ0v) is 13.1. The van der Waals surface area contributed by atoms with Crippen molar-refractivity contribution in [3.63, 3.8) is 0 Å². The highest BCUT2D eigenvalue weighted by molar-refractivity contribution is 7.99. The summed E-state index contributed by atoms with van der Waals surface area (Å²) in [6, 6.07) is 8.91. The summed E-state index contributed by atoms with van der Waals surface area (Å²) in [5.41, 5.74) is 0.398. The minimum Gasteiger partial charge on any atom is -0.507 e. The maximum Gasteiger partial charge on any atom is 0.226 e. The molecular formula is C15H10ClN3O3S. The van der Waals surface area contributed by atoms with E-state index in [1.54, 1.807) is 18.2 Å². The summed E-state index contributed by atoms with van der Waals surface area (Å²) in [5.74, 6) is -0.637. The number of ketones is 1. The van der Waals surface area contributed by atoms with Crippen molar-refractivity contribution in [2.24, 2.45) is 0 Å². The Morgan fingerprint density at radius 3 is 2.83 bits per heavy atom. The van der Waals surface area contributed by atoms with Gasteiger partial charge in [-0.3, -0.25) is 9.89 Å². The van der Waals surface area contributed by atoms with E-state index in [0.29, 0.717) is 15.7 Å². The number of carbonyl (C=O) groups excluding carboxylic acids is 1. The molecule has 0 fully saturated rings. The van der Waals surface area contributed by atoms with E-state index in [9.17, 15) is 9.90 Å². The lowest BCUT2D eigenvalue weighted by Crippen LogP contribution is -1.98. The molecule has 2 aromatic heterocycles. The number of aliphatic hydroxyl groups excluding tert-OH is 1. The molecule has 0 spiro atoms. The van der Waals surface area contributed by atoms with Crippen molar-refractivity contribution in [3.8, 4) is 0 Å². The SMILES string of the molecule is O=C(C=C(O)c1coc(Sc2ccc(Cl)cc2)c1)c1ncn[nH]1. The first-order valence-electron chi connectivity index (χ1n) is 6.44. The Morgan fingerprint density at radius 2 is 2.13 bits per heavy atom. The number of aromatic amines is 1. The number of halogens is 1. The van der Waals surface area contributed by atoms with Crippen LogP contribution in [0.3, 0.4) is 0 Å². The highest BCUT2D eigenvalue weighted by Gasteiger charge is 2.11. The molecule has 2 heterocycles. The quantitative estimate of drug-likeness (QED) is 0.412. The highest BCUT2D eigenvalue weighted by atomic mass is 35.5. The number of aromatic nitrogens is 3. The van der Waals surface area contributed by atoms with Gasteiger partial charge in [0.2, 0.25) is 5.78 Å². The highest BCUT2D eigenvalue weighted by Crippen LogP contribution is 2.31. The number of nitrogens with zero attached hydrogens (tertiary/aromatic N) is 2. The zero-order chi connectivity index (χ0) is 16.2. The molecule has 0 aliphatic rings. The molecule has 2 N–H and O–H groups in total. The van der Waals surface area contributed by atoms with Crippen molar-refractivity contribution in [2.75, 3.05) is 0 Å². The van der Waals surface area contributed by atoms with Crippen LogP contribution in [0.25, 0.3) is 5.76 Å². The third-order valence-corrected chi connectivity index (χ3v) is 3.99. The summed E-state index contributed by atoms with van der Waals surface area (Å²) < 4.78 is 5.37. The number of allylic oxidation sites excluding steroid dienone is 1. The summed E-state index contributed by atoms with van der Waals surface area (Å²) in [6.45, 7) is 0. The maximum atomic E-state index is 11.8. The lowest BCUT2D eigenvalue weighted by atomic mass is 10.2. The van der Waals surface area contributed by atoms with Gasteiger partial charge in [0.05, 0.1) is 5.56 Å². The van der Waals surface area contributed by atoms with Gasteiger partial charge in [0.1, 0.15) is 18.3 Å². The number of hydrogen-bond acceptors (Lipinski definition) is 6. The second kappa shape index (κ2) is 6.72. The van der Waals surface area contributed by atoms with E-state index >= 15 is 0 Å². The first-order valence-corrected chi connectivity index (χ1v) is 7.64. The predicted molar refractivity (Wildman–Crippen MR) is 85.6 cm³/mol. The molecule has 23 heavy (non-hydrogen) atoms. The van der Waals surface area contributed by atoms with Crippen LogP contribution in [0.15, 0.2) is 63.4 Å². The van der Waals surface area contributed by atoms with Gasteiger partial charge in [-0.05, 0) is 24.3 Å². The third kappa shape index (κ3) is 3.82. The van der Waals surface area contributed by atoms with Crippen LogP contribution in [-0.2, 0) is 0 Å². The minimum atomic E-state index is -0.479. The molecule has 3 rings (SSSR count). The molecule has 6 nitrogen and oxygen atoms in total. The van der Waals surface area contributed by atoms with E-state index in [-0.39, 0.29) is 11.6 Å². The molecule has 0 aliphatic heterocycles. The molecule has 3 aromatic rings. The van der Waals surface area contributed by atoms with Crippen molar-refractivity contribution < 1.29 is 14.3 Å². The number of rotatable bonds is 5. The van der Waals surface area contributed by atoms with Gasteiger partial charge in [-0.25, -0.2) is 4.98 Å². The van der Waals surface area contributed by atoms with Gasteiger partial charge in [0.25, 0.3) is 0 Å². The van der Waals surface area contributed by atoms with Crippen LogP contribution in [0.1, 0.15) is 16.2 Å². The van der Waals surface area contributed by atoms with Crippen LogP contribution in [0.5, 0.6) is 0 Å². The van der Waals surface area contributed by atoms with Gasteiger partial charge < -0.3 is 9.52 Å². The van der Waals surface area contributed by atoms with Gasteiger partial charge in [-0.2, -0.15) is 5.10 Å². The van der Waals surface area contributed by atoms with Crippen molar-refractivity contribution in [1.82, 2.24) is 15.2 Å². The number of furan rings is 1. The fourth-order valence-electron chi connectivity index (χ4n) is 1.72. The van der Waals surface area contributed by atoms with Crippen LogP contribution in [0.4, 0.5) is 0 Å². The Morgan fingerprint density at radius 1 is 1.35 bits per heavy atom. The lowest BCUT2D eigenvalue weighted by Gasteiger charge is -1.97. The summed E-state index contributed by atoms with van der Waals surface area (Å²) in [4.78, 5) is 16.5. The molecule has 116 valence electrons. The summed E-state index contributed by atoms with van der Waals surface area (Å²) in [5, 5.41) is 17.2. The Balaban J connectivity index is 1.73. The van der Waals surface area contributed by atoms with Gasteiger partial charge in [0.15, 0.2) is 10.9 Å². The number of hydrogen-bond donors (Lipinski definition) is 2. The Labute approximate surface area is 140 Å². The molecule has 0 atom stereocenters. The van der Waals surface area contributed by atoms with Crippen LogP contribution in [-0.4, -0.2) is 26.1 Å². The third-order valence-electron chi connectivity index (χ3n) is 2.82. The van der Waals surface area contributed by atoms with Gasteiger partial charge in [-0.15, -0.1) is 0 Å². The maximum absolute atomic E-state index is 11.8. The van der Waals surface area contributed by atoms with Crippen LogP contribution >= 0.6 is 23.4 Å². The molecule has 0 aliphatic carbocycles. The van der Waals surface area contributed by atoms with Crippen molar-refractivity contribution in [2.45, 2.75) is 9.99 Å². The molecular weight excluding hydrogens is 338 g/mol. The van der Waals surface area contributed by atoms with E-state index in [2.05, 4.69) is 15.2 Å². The number of H-pyrrole nitrogens is 1. The Kier molecular flexibility index (Phi) is 4.50. The molecule has 0 bridgehead atoms. The Bertz CT molecular complexity index is 841. The van der Waals surface area contributed by atoms with E-state index in [1.807, 2.05) is 12.1 Å². The number of carbonyl (C=O) groups is 1. The van der Waals surface area contributed by atoms with E-state index in [0.717, 1.165) is 11.0 Å². The predicted octanol–water partition coefficient (Wildman–Crippen LogP) is 3.98. The summed E-state index contributed by atoms with van der Waals surface area (Å²) >= 11 is 7.21. The molecule has 0 radical (unpaired) electrons. The standard InChI is InChI=1S/C15H10ClN3O3S/c16-10-1-3-11(4-2-10)23-14-5-9(7-22-14)12(20)6-13(21)15-17-8-18-19-15/h1-8,20H,(H,17,18,19). The molecule has 0 saturated heterocycles. The Hall–Kier alpha value is -2.51. The van der Waals surface area contributed by atoms with Crippen molar-refractivity contribution in [3.05, 3.63) is 65.4 Å². The van der Waals surface area contributed by atoms with Crippen molar-refractivity contribution >= 4 is 34.9 Å². The van der Waals surface area contributed by atoms with Gasteiger partial charge in [0, 0.05) is 22.1 Å². The first kappa shape index (κ1) is 15.4. The average molecular weight is 348 g/mol. The summed E-state index contributed by atoms with van der Waals surface area (Å²) in [7, 11) is 0. The monoisotopic (exact) mass is 347 g/mol. The summed E-state index contributed by atoms with van der Waals surface area (Å²) in [6.07, 6.45) is 3.65. The molecule has 0 unspecified atom stereocenters. The average Bonchev–Trinajstić information content (AvgIpc) is 3.21. The van der Waals surface area contributed by atoms with E-state index in [4.69, 9.17) is 16.0 Å². The topological polar surface area (TPSA) is 92.0 Å². The van der Waals surface area contributed by atoms with Crippen LogP contribution in [0.2, 0.25) is 5.02 Å². The van der Waals surface area contributed by atoms with Crippen LogP contribution in [0, 0.1) is 0 Å². The second-order valence-corrected chi connectivity index (χ2v) is 5.95. The number of nitrogens with one attached hydrogen (secondary N) is 1. The zero-order valence-electron chi connectivity index (χ0n) is 11.6. The molecule has 0 saturated carbocycles. The van der Waals surface area contributed by atoms with E-state index < -0.39 is 5.78 Å². The van der Waals surface area contributed by atoms with Crippen LogP contribution < -0.4 is 0 Å². The fourth-order valence-corrected chi connectivity index (χ4v) is 2.64. The molecule has 1 aromatic carbocycles. The normalized spacial score (nSPS) is 11.6. The van der Waals surface area contributed by atoms with Crippen molar-refractivity contribution in [1.29, 1.82) is 0 Å². The van der Waals surface area contributed by atoms with Gasteiger partial charge in [-0.1, -0.05) is 23.4 Å². The smallest absolute Gasteiger partial charge is 0.226 e. The first-order chi connectivity index (χ1) is 11.1. The molecule has 8 heteroatoms. The second-order valence-electron chi connectivity index (χ2n) is 4.44. The lowest BCUT2D eigenvalue weighted by molar-refractivity contribution is 0.103. The fraction of sp³-hybridized carbons (Fsp3) is 0. The number of benzene rings is 1. The largest absolute Gasteiger partial charge is 0.507 e. The van der Waals surface area contributed by atoms with Gasteiger partial charge >= 0.3 is 0 Å². The van der Waals surface area contributed by atoms with E-state index in [1.165, 1.54) is 24.4 Å². The molecule has 0 amide bonds. The minimum absolute atomic E-state index is 0.0517.